The van der Waals surface area contributed by atoms with Crippen molar-refractivity contribution in [3.8, 4) is 11.4 Å². The minimum atomic E-state index is -4.49. The molecule has 0 fully saturated rings. The summed E-state index contributed by atoms with van der Waals surface area (Å²) >= 11 is 5.51. The molecule has 6 heteroatoms. The minimum Gasteiger partial charge on any atom is -0.255 e. The predicted octanol–water partition coefficient (Wildman–Crippen LogP) is 3.82. The summed E-state index contributed by atoms with van der Waals surface area (Å²) in [5, 5.41) is -0.569. The molecular formula is C11H6ClF3N2. The number of halogens is 4. The van der Waals surface area contributed by atoms with Gasteiger partial charge in [-0.3, -0.25) is 4.98 Å². The van der Waals surface area contributed by atoms with Crippen molar-refractivity contribution in [1.29, 1.82) is 0 Å². The second-order valence-electron chi connectivity index (χ2n) is 3.25. The summed E-state index contributed by atoms with van der Waals surface area (Å²) < 4.78 is 37.3. The summed E-state index contributed by atoms with van der Waals surface area (Å²) in [7, 11) is 0. The van der Waals surface area contributed by atoms with Crippen molar-refractivity contribution in [2.45, 2.75) is 6.18 Å². The van der Waals surface area contributed by atoms with Gasteiger partial charge >= 0.3 is 6.18 Å². The zero-order valence-corrected chi connectivity index (χ0v) is 9.13. The maximum Gasteiger partial charge on any atom is 0.419 e. The minimum absolute atomic E-state index is 0.309. The Morgan fingerprint density at radius 2 is 1.76 bits per heavy atom. The van der Waals surface area contributed by atoms with Crippen molar-refractivity contribution >= 4 is 11.6 Å². The van der Waals surface area contributed by atoms with E-state index < -0.39 is 16.9 Å². The van der Waals surface area contributed by atoms with Gasteiger partial charge in [0.1, 0.15) is 5.15 Å². The van der Waals surface area contributed by atoms with Crippen LogP contribution in [0.4, 0.5) is 13.2 Å². The number of pyridine rings is 2. The molecule has 0 amide bonds. The van der Waals surface area contributed by atoms with E-state index in [1.807, 2.05) is 0 Å². The van der Waals surface area contributed by atoms with Gasteiger partial charge in [0.25, 0.3) is 0 Å². The highest BCUT2D eigenvalue weighted by atomic mass is 35.5. The fourth-order valence-corrected chi connectivity index (χ4v) is 1.56. The van der Waals surface area contributed by atoms with Gasteiger partial charge in [-0.15, -0.1) is 0 Å². The average molecular weight is 259 g/mol. The number of aromatic nitrogens is 2. The number of rotatable bonds is 1. The van der Waals surface area contributed by atoms with Crippen LogP contribution in [0.3, 0.4) is 0 Å². The molecule has 0 bridgehead atoms. The van der Waals surface area contributed by atoms with E-state index in [1.54, 1.807) is 18.2 Å². The second-order valence-corrected chi connectivity index (χ2v) is 3.61. The topological polar surface area (TPSA) is 25.8 Å². The molecule has 2 aromatic heterocycles. The molecule has 2 rings (SSSR count). The third-order valence-electron chi connectivity index (χ3n) is 2.08. The lowest BCUT2D eigenvalue weighted by Gasteiger charge is -2.09. The largest absolute Gasteiger partial charge is 0.419 e. The van der Waals surface area contributed by atoms with Crippen LogP contribution in [0, 0.1) is 0 Å². The van der Waals surface area contributed by atoms with Crippen LogP contribution >= 0.6 is 11.6 Å². The quantitative estimate of drug-likeness (QED) is 0.727. The summed E-state index contributed by atoms with van der Waals surface area (Å²) in [5.74, 6) is 0. The van der Waals surface area contributed by atoms with Crippen molar-refractivity contribution in [3.05, 3.63) is 47.2 Å². The van der Waals surface area contributed by atoms with E-state index in [0.717, 1.165) is 6.07 Å². The third-order valence-corrected chi connectivity index (χ3v) is 2.37. The van der Waals surface area contributed by atoms with Crippen molar-refractivity contribution in [3.63, 3.8) is 0 Å². The molecule has 88 valence electrons. The number of hydrogen-bond donors (Lipinski definition) is 0. The van der Waals surface area contributed by atoms with Crippen molar-refractivity contribution < 1.29 is 13.2 Å². The Balaban J connectivity index is 2.45. The molecular weight excluding hydrogens is 253 g/mol. The first kappa shape index (κ1) is 11.9. The molecule has 0 aliphatic heterocycles. The van der Waals surface area contributed by atoms with Gasteiger partial charge in [-0.05, 0) is 24.3 Å². The van der Waals surface area contributed by atoms with Gasteiger partial charge in [0.15, 0.2) is 0 Å². The first-order valence-electron chi connectivity index (χ1n) is 4.63. The van der Waals surface area contributed by atoms with Gasteiger partial charge < -0.3 is 0 Å². The van der Waals surface area contributed by atoms with Gasteiger partial charge in [-0.25, -0.2) is 4.98 Å². The molecule has 0 aliphatic carbocycles. The average Bonchev–Trinajstić information content (AvgIpc) is 2.28. The van der Waals surface area contributed by atoms with Crippen LogP contribution in [0.5, 0.6) is 0 Å². The van der Waals surface area contributed by atoms with Crippen LogP contribution in [-0.2, 0) is 6.18 Å². The predicted molar refractivity (Wildman–Crippen MR) is 57.5 cm³/mol. The number of hydrogen-bond acceptors (Lipinski definition) is 2. The SMILES string of the molecule is FC(F)(F)c1ccc(-c2ccccn2)nc1Cl. The van der Waals surface area contributed by atoms with E-state index in [2.05, 4.69) is 9.97 Å². The fraction of sp³-hybridized carbons (Fsp3) is 0.0909. The molecule has 0 aliphatic rings. The van der Waals surface area contributed by atoms with Crippen molar-refractivity contribution in [2.75, 3.05) is 0 Å². The van der Waals surface area contributed by atoms with E-state index in [9.17, 15) is 13.2 Å². The van der Waals surface area contributed by atoms with Gasteiger partial charge in [0.05, 0.1) is 17.0 Å². The molecule has 2 nitrogen and oxygen atoms in total. The van der Waals surface area contributed by atoms with Crippen LogP contribution in [0.2, 0.25) is 5.15 Å². The molecule has 0 spiro atoms. The van der Waals surface area contributed by atoms with Crippen LogP contribution < -0.4 is 0 Å². The molecule has 0 atom stereocenters. The molecule has 2 heterocycles. The van der Waals surface area contributed by atoms with Crippen molar-refractivity contribution in [1.82, 2.24) is 9.97 Å². The molecule has 0 radical (unpaired) electrons. The van der Waals surface area contributed by atoms with E-state index in [1.165, 1.54) is 12.3 Å². The Morgan fingerprint density at radius 1 is 1.00 bits per heavy atom. The first-order chi connectivity index (χ1) is 7.98. The summed E-state index contributed by atoms with van der Waals surface area (Å²) in [5.41, 5.74) is -0.162. The van der Waals surface area contributed by atoms with Crippen LogP contribution in [-0.4, -0.2) is 9.97 Å². The maximum absolute atomic E-state index is 12.4. The van der Waals surface area contributed by atoms with E-state index in [-0.39, 0.29) is 0 Å². The maximum atomic E-state index is 12.4. The highest BCUT2D eigenvalue weighted by Crippen LogP contribution is 2.34. The smallest absolute Gasteiger partial charge is 0.255 e. The van der Waals surface area contributed by atoms with Gasteiger partial charge in [0.2, 0.25) is 0 Å². The summed E-state index contributed by atoms with van der Waals surface area (Å²) in [6.45, 7) is 0. The third kappa shape index (κ3) is 2.55. The highest BCUT2D eigenvalue weighted by molar-refractivity contribution is 6.30. The normalized spacial score (nSPS) is 11.5. The van der Waals surface area contributed by atoms with E-state index in [4.69, 9.17) is 11.6 Å². The molecule has 2 aromatic rings. The van der Waals surface area contributed by atoms with Gasteiger partial charge in [-0.2, -0.15) is 13.2 Å². The van der Waals surface area contributed by atoms with Crippen LogP contribution in [0.15, 0.2) is 36.5 Å². The Bertz CT molecular complexity index is 526. The lowest BCUT2D eigenvalue weighted by atomic mass is 10.2. The van der Waals surface area contributed by atoms with E-state index >= 15 is 0 Å². The molecule has 0 N–H and O–H groups in total. The Morgan fingerprint density at radius 3 is 2.29 bits per heavy atom. The van der Waals surface area contributed by atoms with Crippen LogP contribution in [0.1, 0.15) is 5.56 Å². The van der Waals surface area contributed by atoms with Crippen LogP contribution in [0.25, 0.3) is 11.4 Å². The molecule has 0 saturated carbocycles. The zero-order valence-electron chi connectivity index (χ0n) is 8.37. The monoisotopic (exact) mass is 258 g/mol. The Hall–Kier alpha value is -1.62. The Labute approximate surface area is 100 Å². The molecule has 0 aromatic carbocycles. The first-order valence-corrected chi connectivity index (χ1v) is 5.01. The summed E-state index contributed by atoms with van der Waals surface area (Å²) in [6, 6.07) is 7.22. The summed E-state index contributed by atoms with van der Waals surface area (Å²) in [6.07, 6.45) is -2.96. The lowest BCUT2D eigenvalue weighted by molar-refractivity contribution is -0.137. The second kappa shape index (κ2) is 4.33. The standard InChI is InChI=1S/C11H6ClF3N2/c12-10-7(11(13,14)15)4-5-9(17-10)8-3-1-2-6-16-8/h1-6H. The highest BCUT2D eigenvalue weighted by Gasteiger charge is 2.33. The molecule has 0 saturated heterocycles. The van der Waals surface area contributed by atoms with Gasteiger partial charge in [-0.1, -0.05) is 17.7 Å². The zero-order chi connectivity index (χ0) is 12.5. The number of nitrogens with zero attached hydrogens (tertiary/aromatic N) is 2. The van der Waals surface area contributed by atoms with Gasteiger partial charge in [0, 0.05) is 6.20 Å². The fourth-order valence-electron chi connectivity index (χ4n) is 1.30. The Kier molecular flexibility index (Phi) is 3.02. The van der Waals surface area contributed by atoms with E-state index in [0.29, 0.717) is 11.4 Å². The molecule has 0 unspecified atom stereocenters. The number of alkyl halides is 3. The lowest BCUT2D eigenvalue weighted by Crippen LogP contribution is -2.07. The van der Waals surface area contributed by atoms with Crippen molar-refractivity contribution in [2.24, 2.45) is 0 Å². The molecule has 17 heavy (non-hydrogen) atoms. The summed E-state index contributed by atoms with van der Waals surface area (Å²) in [4.78, 5) is 7.67.